The number of rotatable bonds is 7. The zero-order valence-corrected chi connectivity index (χ0v) is 35.3. The highest BCUT2D eigenvalue weighted by Gasteiger charge is 2.27. The molecule has 1 heteroatoms. The molecule has 1 aliphatic rings. The Morgan fingerprint density at radius 2 is 0.667 bits per heavy atom. The summed E-state index contributed by atoms with van der Waals surface area (Å²) in [6.07, 6.45) is 0. The SMILES string of the molecule is Cc1ccc(-c2ccccc2)cc1N(c1ccc2cc3c(cc2c1)-c1cc2c(-c4ccccc4)c4ccccc4c(-c4ccccc4)c2cc1-3)c1cc(-c2ccccc2)ccc1C. The molecule has 1 nitrogen and oxygen atoms in total. The number of aryl methyl sites for hydroxylation is 2. The molecule has 0 saturated carbocycles. The monoisotopic (exact) mass is 801 g/mol. The van der Waals surface area contributed by atoms with E-state index in [1.165, 1.54) is 122 Å². The summed E-state index contributed by atoms with van der Waals surface area (Å²) >= 11 is 0. The van der Waals surface area contributed by atoms with Crippen LogP contribution >= 0.6 is 0 Å². The van der Waals surface area contributed by atoms with Gasteiger partial charge in [-0.3, -0.25) is 0 Å². The van der Waals surface area contributed by atoms with Crippen molar-refractivity contribution < 1.29 is 0 Å². The summed E-state index contributed by atoms with van der Waals surface area (Å²) in [4.78, 5) is 2.48. The number of benzene rings is 11. The zero-order chi connectivity index (χ0) is 42.0. The molecule has 1 aliphatic carbocycles. The first kappa shape index (κ1) is 36.8. The first-order valence-corrected chi connectivity index (χ1v) is 21.9. The number of nitrogens with zero attached hydrogens (tertiary/aromatic N) is 1. The van der Waals surface area contributed by atoms with Gasteiger partial charge in [0.15, 0.2) is 0 Å². The van der Waals surface area contributed by atoms with Crippen LogP contribution in [-0.2, 0) is 0 Å². The molecule has 0 aliphatic heterocycles. The van der Waals surface area contributed by atoms with Crippen LogP contribution in [0, 0.1) is 13.8 Å². The van der Waals surface area contributed by atoms with Crippen LogP contribution in [0.15, 0.2) is 224 Å². The lowest BCUT2D eigenvalue weighted by Crippen LogP contribution is -2.13. The normalized spacial score (nSPS) is 11.7. The Labute approximate surface area is 368 Å². The molecule has 0 aromatic heterocycles. The largest absolute Gasteiger partial charge is 0.310 e. The van der Waals surface area contributed by atoms with Crippen LogP contribution in [-0.4, -0.2) is 0 Å². The van der Waals surface area contributed by atoms with E-state index in [2.05, 4.69) is 243 Å². The van der Waals surface area contributed by atoms with Crippen LogP contribution in [0.2, 0.25) is 0 Å². The first-order chi connectivity index (χ1) is 31.1. The first-order valence-electron chi connectivity index (χ1n) is 21.9. The van der Waals surface area contributed by atoms with Gasteiger partial charge in [-0.05, 0) is 173 Å². The zero-order valence-electron chi connectivity index (χ0n) is 35.3. The molecule has 63 heavy (non-hydrogen) atoms. The molecular weight excluding hydrogens is 759 g/mol. The van der Waals surface area contributed by atoms with E-state index >= 15 is 0 Å². The van der Waals surface area contributed by atoms with Gasteiger partial charge in [0.2, 0.25) is 0 Å². The molecule has 0 amide bonds. The molecule has 0 fully saturated rings. The lowest BCUT2D eigenvalue weighted by Gasteiger charge is -2.30. The van der Waals surface area contributed by atoms with Gasteiger partial charge in [0.1, 0.15) is 0 Å². The fourth-order valence-electron chi connectivity index (χ4n) is 10.0. The van der Waals surface area contributed by atoms with Crippen LogP contribution in [0.1, 0.15) is 11.1 Å². The second-order valence-electron chi connectivity index (χ2n) is 17.0. The molecule has 0 spiro atoms. The van der Waals surface area contributed by atoms with E-state index in [4.69, 9.17) is 0 Å². The second-order valence-corrected chi connectivity index (χ2v) is 17.0. The number of hydrogen-bond donors (Lipinski definition) is 0. The summed E-state index contributed by atoms with van der Waals surface area (Å²) in [5.74, 6) is 0. The third-order valence-corrected chi connectivity index (χ3v) is 13.2. The van der Waals surface area contributed by atoms with E-state index in [9.17, 15) is 0 Å². The predicted octanol–water partition coefficient (Wildman–Crippen LogP) is 17.5. The Balaban J connectivity index is 1.06. The fourth-order valence-corrected chi connectivity index (χ4v) is 10.0. The highest BCUT2D eigenvalue weighted by Crippen LogP contribution is 2.54. The van der Waals surface area contributed by atoms with Crippen LogP contribution < -0.4 is 4.90 Å². The van der Waals surface area contributed by atoms with E-state index in [0.29, 0.717) is 0 Å². The summed E-state index contributed by atoms with van der Waals surface area (Å²) in [6, 6.07) is 82.8. The molecule has 296 valence electrons. The number of fused-ring (bicyclic) bond motifs is 7. The quantitative estimate of drug-likeness (QED) is 0.145. The van der Waals surface area contributed by atoms with Crippen LogP contribution in [0.3, 0.4) is 0 Å². The summed E-state index contributed by atoms with van der Waals surface area (Å²) in [6.45, 7) is 4.46. The molecule has 0 unspecified atom stereocenters. The third kappa shape index (κ3) is 6.16. The van der Waals surface area contributed by atoms with E-state index < -0.39 is 0 Å². The Morgan fingerprint density at radius 1 is 0.270 bits per heavy atom. The average molecular weight is 802 g/mol. The van der Waals surface area contributed by atoms with Gasteiger partial charge in [0.25, 0.3) is 0 Å². The maximum Gasteiger partial charge on any atom is 0.0497 e. The van der Waals surface area contributed by atoms with Crippen molar-refractivity contribution in [3.05, 3.63) is 236 Å². The Hall–Kier alpha value is -8.00. The molecule has 11 aromatic rings. The standard InChI is InChI=1S/C62H43N/c1-40-27-29-47(42-17-7-3-8-18-42)36-59(40)63(60-37-48(30-28-41(60)2)43-19-9-4-10-20-43)50-32-31-46-34-53-54(35-49(46)33-50)56-39-58-57(38-55(53)56)61(44-21-11-5-12-22-44)51-25-15-16-26-52(51)62(58)45-23-13-6-14-24-45/h3-39H,1-2H3. The van der Waals surface area contributed by atoms with E-state index in [-0.39, 0.29) is 0 Å². The maximum atomic E-state index is 2.48. The second kappa shape index (κ2) is 14.9. The maximum absolute atomic E-state index is 2.48. The van der Waals surface area contributed by atoms with Crippen LogP contribution in [0.25, 0.3) is 99.1 Å². The van der Waals surface area contributed by atoms with Crippen molar-refractivity contribution in [3.8, 4) is 66.8 Å². The Morgan fingerprint density at radius 3 is 1.13 bits per heavy atom. The van der Waals surface area contributed by atoms with Crippen molar-refractivity contribution in [1.29, 1.82) is 0 Å². The topological polar surface area (TPSA) is 3.24 Å². The minimum atomic E-state index is 1.13. The van der Waals surface area contributed by atoms with Gasteiger partial charge in [0, 0.05) is 17.1 Å². The highest BCUT2D eigenvalue weighted by atomic mass is 15.1. The van der Waals surface area contributed by atoms with Gasteiger partial charge in [-0.15, -0.1) is 0 Å². The van der Waals surface area contributed by atoms with E-state index in [0.717, 1.165) is 5.69 Å². The van der Waals surface area contributed by atoms with Crippen molar-refractivity contribution in [3.63, 3.8) is 0 Å². The van der Waals surface area contributed by atoms with Crippen molar-refractivity contribution in [2.75, 3.05) is 4.90 Å². The van der Waals surface area contributed by atoms with Gasteiger partial charge < -0.3 is 4.90 Å². The summed E-state index contributed by atoms with van der Waals surface area (Å²) in [7, 11) is 0. The minimum absolute atomic E-state index is 1.13. The van der Waals surface area contributed by atoms with Crippen molar-refractivity contribution in [1.82, 2.24) is 0 Å². The fraction of sp³-hybridized carbons (Fsp3) is 0.0323. The van der Waals surface area contributed by atoms with E-state index in [1.54, 1.807) is 0 Å². The van der Waals surface area contributed by atoms with Crippen LogP contribution in [0.4, 0.5) is 17.1 Å². The third-order valence-electron chi connectivity index (χ3n) is 13.2. The van der Waals surface area contributed by atoms with Gasteiger partial charge in [0.05, 0.1) is 0 Å². The van der Waals surface area contributed by atoms with Gasteiger partial charge in [-0.25, -0.2) is 0 Å². The number of anilines is 3. The van der Waals surface area contributed by atoms with Gasteiger partial charge in [-0.1, -0.05) is 176 Å². The molecule has 0 radical (unpaired) electrons. The average Bonchev–Trinajstić information content (AvgIpc) is 3.34. The molecule has 12 rings (SSSR count). The smallest absolute Gasteiger partial charge is 0.0497 e. The predicted molar refractivity (Wildman–Crippen MR) is 269 cm³/mol. The molecule has 0 saturated heterocycles. The molecule has 0 bridgehead atoms. The molecular formula is C62H43N. The van der Waals surface area contributed by atoms with E-state index in [1.807, 2.05) is 0 Å². The van der Waals surface area contributed by atoms with Crippen molar-refractivity contribution in [2.45, 2.75) is 13.8 Å². The summed E-state index contributed by atoms with van der Waals surface area (Å²) in [5.41, 5.74) is 21.0. The van der Waals surface area contributed by atoms with Crippen LogP contribution in [0.5, 0.6) is 0 Å². The lowest BCUT2D eigenvalue weighted by molar-refractivity contribution is 1.23. The van der Waals surface area contributed by atoms with Gasteiger partial charge in [-0.2, -0.15) is 0 Å². The van der Waals surface area contributed by atoms with Crippen molar-refractivity contribution >= 4 is 49.4 Å². The van der Waals surface area contributed by atoms with Crippen molar-refractivity contribution in [2.24, 2.45) is 0 Å². The van der Waals surface area contributed by atoms with Gasteiger partial charge >= 0.3 is 0 Å². The molecule has 0 heterocycles. The Kier molecular flexibility index (Phi) is 8.69. The minimum Gasteiger partial charge on any atom is -0.310 e. The summed E-state index contributed by atoms with van der Waals surface area (Å²) in [5, 5.41) is 7.58. The highest BCUT2D eigenvalue weighted by molar-refractivity contribution is 6.25. The molecule has 0 N–H and O–H groups in total. The summed E-state index contributed by atoms with van der Waals surface area (Å²) < 4.78 is 0. The molecule has 0 atom stereocenters. The number of hydrogen-bond acceptors (Lipinski definition) is 1. The molecule has 11 aromatic carbocycles. The lowest BCUT2D eigenvalue weighted by atomic mass is 9.75. The Bertz CT molecular complexity index is 3460.